The second-order valence-corrected chi connectivity index (χ2v) is 6.06. The number of hydrogen-bond donors (Lipinski definition) is 1. The molecule has 6 heteroatoms. The molecule has 0 aliphatic heterocycles. The second-order valence-electron chi connectivity index (χ2n) is 4.73. The number of ether oxygens (including phenoxy) is 3. The van der Waals surface area contributed by atoms with Gasteiger partial charge in [-0.25, -0.2) is 0 Å². The number of nitrogens with one attached hydrogen (secondary N) is 1. The fourth-order valence-corrected chi connectivity index (χ4v) is 2.93. The molecule has 124 valence electrons. The molecule has 0 fully saturated rings. The van der Waals surface area contributed by atoms with Crippen molar-refractivity contribution in [3.8, 4) is 17.2 Å². The Morgan fingerprint density at radius 1 is 1.09 bits per heavy atom. The highest BCUT2D eigenvalue weighted by Gasteiger charge is 2.12. The van der Waals surface area contributed by atoms with Crippen molar-refractivity contribution < 1.29 is 14.2 Å². The first-order valence-electron chi connectivity index (χ1n) is 7.15. The summed E-state index contributed by atoms with van der Waals surface area (Å²) in [5.41, 5.74) is 1.89. The Hall–Kier alpha value is -1.59. The molecule has 1 N–H and O–H groups in total. The first-order chi connectivity index (χ1) is 11.1. The van der Waals surface area contributed by atoms with Crippen LogP contribution < -0.4 is 19.5 Å². The van der Waals surface area contributed by atoms with E-state index < -0.39 is 0 Å². The Morgan fingerprint density at radius 2 is 1.83 bits per heavy atom. The molecule has 0 unspecified atom stereocenters. The number of benzene rings is 2. The third-order valence-electron chi connectivity index (χ3n) is 3.24. The fraction of sp³-hybridized carbons (Fsp3) is 0.294. The van der Waals surface area contributed by atoms with E-state index in [1.54, 1.807) is 14.2 Å². The first kappa shape index (κ1) is 17.8. The predicted molar refractivity (Wildman–Crippen MR) is 97.2 cm³/mol. The molecule has 0 atom stereocenters. The molecule has 0 saturated carbocycles. The summed E-state index contributed by atoms with van der Waals surface area (Å²) >= 11 is 9.64. The normalized spacial score (nSPS) is 10.3. The lowest BCUT2D eigenvalue weighted by molar-refractivity contribution is 0.308. The zero-order valence-corrected chi connectivity index (χ0v) is 15.6. The second kappa shape index (κ2) is 8.31. The van der Waals surface area contributed by atoms with E-state index >= 15 is 0 Å². The topological polar surface area (TPSA) is 39.7 Å². The third kappa shape index (κ3) is 4.45. The van der Waals surface area contributed by atoms with Crippen molar-refractivity contribution >= 4 is 33.2 Å². The van der Waals surface area contributed by atoms with Crippen molar-refractivity contribution in [3.63, 3.8) is 0 Å². The van der Waals surface area contributed by atoms with Gasteiger partial charge < -0.3 is 19.5 Å². The summed E-state index contributed by atoms with van der Waals surface area (Å²) in [5.74, 6) is 2.09. The van der Waals surface area contributed by atoms with Crippen molar-refractivity contribution in [2.24, 2.45) is 0 Å². The van der Waals surface area contributed by atoms with E-state index in [9.17, 15) is 0 Å². The van der Waals surface area contributed by atoms with Crippen LogP contribution in [0.2, 0.25) is 5.02 Å². The molecule has 0 aliphatic carbocycles. The van der Waals surface area contributed by atoms with Crippen molar-refractivity contribution in [1.29, 1.82) is 0 Å². The van der Waals surface area contributed by atoms with Gasteiger partial charge in [-0.1, -0.05) is 27.5 Å². The predicted octanol–water partition coefficient (Wildman–Crippen LogP) is 5.13. The smallest absolute Gasteiger partial charge is 0.166 e. The van der Waals surface area contributed by atoms with E-state index in [1.807, 2.05) is 37.3 Å². The molecule has 0 bridgehead atoms. The van der Waals surface area contributed by atoms with E-state index in [2.05, 4.69) is 21.2 Å². The van der Waals surface area contributed by atoms with Crippen LogP contribution in [0.15, 0.2) is 34.8 Å². The van der Waals surface area contributed by atoms with Gasteiger partial charge in [-0.2, -0.15) is 0 Å². The molecule has 23 heavy (non-hydrogen) atoms. The lowest BCUT2D eigenvalue weighted by Gasteiger charge is -2.16. The SMILES string of the molecule is CCOc1c(CNc2ccc(OC)c(Cl)c2)cc(Br)cc1OC. The zero-order chi connectivity index (χ0) is 16.8. The summed E-state index contributed by atoms with van der Waals surface area (Å²) < 4.78 is 17.2. The van der Waals surface area contributed by atoms with Crippen LogP contribution in [0.25, 0.3) is 0 Å². The van der Waals surface area contributed by atoms with Gasteiger partial charge in [0, 0.05) is 22.3 Å². The largest absolute Gasteiger partial charge is 0.495 e. The van der Waals surface area contributed by atoms with Crippen LogP contribution in [0.1, 0.15) is 12.5 Å². The number of halogens is 2. The van der Waals surface area contributed by atoms with Crippen LogP contribution in [0.5, 0.6) is 17.2 Å². The van der Waals surface area contributed by atoms with E-state index in [-0.39, 0.29) is 0 Å². The van der Waals surface area contributed by atoms with Crippen LogP contribution in [-0.4, -0.2) is 20.8 Å². The average molecular weight is 401 g/mol. The Kier molecular flexibility index (Phi) is 6.42. The van der Waals surface area contributed by atoms with Crippen LogP contribution >= 0.6 is 27.5 Å². The summed E-state index contributed by atoms with van der Waals surface area (Å²) in [6.07, 6.45) is 0. The third-order valence-corrected chi connectivity index (χ3v) is 3.99. The van der Waals surface area contributed by atoms with Gasteiger partial charge in [0.1, 0.15) is 5.75 Å². The van der Waals surface area contributed by atoms with Gasteiger partial charge in [0.05, 0.1) is 25.8 Å². The van der Waals surface area contributed by atoms with Gasteiger partial charge in [-0.15, -0.1) is 0 Å². The van der Waals surface area contributed by atoms with E-state index in [1.165, 1.54) is 0 Å². The van der Waals surface area contributed by atoms with Gasteiger partial charge in [0.2, 0.25) is 0 Å². The number of rotatable bonds is 7. The molecule has 0 saturated heterocycles. The standard InChI is InChI=1S/C17H19BrClNO3/c1-4-23-17-11(7-12(18)8-16(17)22-3)10-20-13-5-6-15(21-2)14(19)9-13/h5-9,20H,4,10H2,1-3H3. The highest BCUT2D eigenvalue weighted by atomic mass is 79.9. The molecule has 2 rings (SSSR count). The lowest BCUT2D eigenvalue weighted by atomic mass is 10.1. The van der Waals surface area contributed by atoms with Gasteiger partial charge >= 0.3 is 0 Å². The van der Waals surface area contributed by atoms with E-state index in [0.717, 1.165) is 21.5 Å². The number of methoxy groups -OCH3 is 2. The number of hydrogen-bond acceptors (Lipinski definition) is 4. The van der Waals surface area contributed by atoms with Gasteiger partial charge in [-0.05, 0) is 37.3 Å². The summed E-state index contributed by atoms with van der Waals surface area (Å²) in [4.78, 5) is 0. The highest BCUT2D eigenvalue weighted by Crippen LogP contribution is 2.35. The molecule has 2 aromatic carbocycles. The molecular weight excluding hydrogens is 382 g/mol. The zero-order valence-electron chi connectivity index (χ0n) is 13.3. The van der Waals surface area contributed by atoms with Gasteiger partial charge in [0.15, 0.2) is 11.5 Å². The van der Waals surface area contributed by atoms with Crippen LogP contribution in [0.3, 0.4) is 0 Å². The summed E-state index contributed by atoms with van der Waals surface area (Å²) in [6, 6.07) is 9.47. The van der Waals surface area contributed by atoms with Crippen molar-refractivity contribution in [1.82, 2.24) is 0 Å². The summed E-state index contributed by atoms with van der Waals surface area (Å²) in [7, 11) is 3.22. The molecule has 0 spiro atoms. The molecule has 0 aliphatic rings. The van der Waals surface area contributed by atoms with Crippen LogP contribution in [0, 0.1) is 0 Å². The molecule has 0 amide bonds. The molecule has 2 aromatic rings. The maximum Gasteiger partial charge on any atom is 0.166 e. The molecule has 4 nitrogen and oxygen atoms in total. The lowest BCUT2D eigenvalue weighted by Crippen LogP contribution is -2.05. The number of anilines is 1. The van der Waals surface area contributed by atoms with Crippen molar-refractivity contribution in [3.05, 3.63) is 45.4 Å². The summed E-state index contributed by atoms with van der Waals surface area (Å²) in [5, 5.41) is 3.90. The Labute approximate surface area is 149 Å². The van der Waals surface area contributed by atoms with Crippen molar-refractivity contribution in [2.75, 3.05) is 26.1 Å². The van der Waals surface area contributed by atoms with Crippen LogP contribution in [0.4, 0.5) is 5.69 Å². The van der Waals surface area contributed by atoms with Crippen LogP contribution in [-0.2, 0) is 6.54 Å². The Bertz CT molecular complexity index is 679. The fourth-order valence-electron chi connectivity index (χ4n) is 2.19. The Morgan fingerprint density at radius 3 is 2.43 bits per heavy atom. The molecule has 0 heterocycles. The maximum absolute atomic E-state index is 6.15. The molecule has 0 aromatic heterocycles. The van der Waals surface area contributed by atoms with E-state index in [4.69, 9.17) is 25.8 Å². The minimum absolute atomic E-state index is 0.564. The minimum Gasteiger partial charge on any atom is -0.495 e. The van der Waals surface area contributed by atoms with Gasteiger partial charge in [-0.3, -0.25) is 0 Å². The first-order valence-corrected chi connectivity index (χ1v) is 8.32. The maximum atomic E-state index is 6.15. The average Bonchev–Trinajstić information content (AvgIpc) is 2.54. The minimum atomic E-state index is 0.564. The van der Waals surface area contributed by atoms with Crippen molar-refractivity contribution in [2.45, 2.75) is 13.5 Å². The van der Waals surface area contributed by atoms with Gasteiger partial charge in [0.25, 0.3) is 0 Å². The monoisotopic (exact) mass is 399 g/mol. The quantitative estimate of drug-likeness (QED) is 0.699. The highest BCUT2D eigenvalue weighted by molar-refractivity contribution is 9.10. The molecule has 0 radical (unpaired) electrons. The Balaban J connectivity index is 2.22. The summed E-state index contributed by atoms with van der Waals surface area (Å²) in [6.45, 7) is 3.09. The molecular formula is C17H19BrClNO3. The van der Waals surface area contributed by atoms with E-state index in [0.29, 0.717) is 29.7 Å².